The highest BCUT2D eigenvalue weighted by molar-refractivity contribution is 5.21. The average molecular weight is 235 g/mol. The van der Waals surface area contributed by atoms with Gasteiger partial charge in [-0.15, -0.1) is 0 Å². The summed E-state index contributed by atoms with van der Waals surface area (Å²) in [6, 6.07) is 10.1. The normalized spacial score (nSPS) is 28.8. The van der Waals surface area contributed by atoms with Gasteiger partial charge in [0.2, 0.25) is 0 Å². The monoisotopic (exact) mass is 235 g/mol. The summed E-state index contributed by atoms with van der Waals surface area (Å²) in [5.41, 5.74) is 6.75. The summed E-state index contributed by atoms with van der Waals surface area (Å²) >= 11 is 0. The van der Waals surface area contributed by atoms with E-state index in [1.807, 2.05) is 18.2 Å². The lowest BCUT2D eigenvalue weighted by Crippen LogP contribution is -2.31. The molecule has 1 saturated heterocycles. The molecule has 2 atom stereocenters. The van der Waals surface area contributed by atoms with Crippen LogP contribution in [0.3, 0.4) is 0 Å². The minimum Gasteiger partial charge on any atom is -0.343 e. The summed E-state index contributed by atoms with van der Waals surface area (Å²) in [5, 5.41) is 0. The predicted octanol–water partition coefficient (Wildman–Crippen LogP) is 2.26. The number of rotatable bonds is 4. The van der Waals surface area contributed by atoms with Gasteiger partial charge in [0.25, 0.3) is 0 Å². The fourth-order valence-corrected chi connectivity index (χ4v) is 2.29. The van der Waals surface area contributed by atoms with Gasteiger partial charge in [0.1, 0.15) is 0 Å². The number of hydrogen-bond donors (Lipinski definition) is 1. The van der Waals surface area contributed by atoms with E-state index >= 15 is 0 Å². The van der Waals surface area contributed by atoms with Crippen molar-refractivity contribution in [2.45, 2.75) is 32.2 Å². The van der Waals surface area contributed by atoms with Gasteiger partial charge in [-0.05, 0) is 5.92 Å². The van der Waals surface area contributed by atoms with E-state index in [0.717, 1.165) is 12.0 Å². The van der Waals surface area contributed by atoms with Crippen molar-refractivity contribution in [1.29, 1.82) is 0 Å². The lowest BCUT2D eigenvalue weighted by atomic mass is 9.96. The zero-order chi connectivity index (χ0) is 12.3. The summed E-state index contributed by atoms with van der Waals surface area (Å²) in [6.07, 6.45) is 0.863. The number of benzene rings is 1. The SMILES string of the molecule is CC(C)CC1(c2ccccc2)OCC(CN)O1. The van der Waals surface area contributed by atoms with Gasteiger partial charge in [-0.25, -0.2) is 0 Å². The van der Waals surface area contributed by atoms with Crippen LogP contribution in [0.2, 0.25) is 0 Å². The van der Waals surface area contributed by atoms with E-state index in [4.69, 9.17) is 15.2 Å². The molecule has 0 radical (unpaired) electrons. The first-order valence-corrected chi connectivity index (χ1v) is 6.23. The maximum absolute atomic E-state index is 6.05. The molecule has 1 aromatic carbocycles. The summed E-state index contributed by atoms with van der Waals surface area (Å²) in [5.74, 6) is -0.0915. The first-order valence-electron chi connectivity index (χ1n) is 6.23. The summed E-state index contributed by atoms with van der Waals surface area (Å²) in [7, 11) is 0. The lowest BCUT2D eigenvalue weighted by molar-refractivity contribution is -0.186. The third-order valence-corrected chi connectivity index (χ3v) is 3.01. The third-order valence-electron chi connectivity index (χ3n) is 3.01. The van der Waals surface area contributed by atoms with Crippen LogP contribution in [0.1, 0.15) is 25.8 Å². The van der Waals surface area contributed by atoms with E-state index in [-0.39, 0.29) is 6.10 Å². The van der Waals surface area contributed by atoms with Crippen LogP contribution < -0.4 is 5.73 Å². The molecule has 2 N–H and O–H groups in total. The standard InChI is InChI=1S/C14H21NO2/c1-11(2)8-14(12-6-4-3-5-7-12)16-10-13(9-15)17-14/h3-7,11,13H,8-10,15H2,1-2H3. The average Bonchev–Trinajstić information content (AvgIpc) is 2.74. The van der Waals surface area contributed by atoms with Gasteiger partial charge in [-0.2, -0.15) is 0 Å². The van der Waals surface area contributed by atoms with E-state index in [1.54, 1.807) is 0 Å². The molecule has 1 aliphatic heterocycles. The van der Waals surface area contributed by atoms with Crippen LogP contribution in [0.15, 0.2) is 30.3 Å². The zero-order valence-corrected chi connectivity index (χ0v) is 10.6. The van der Waals surface area contributed by atoms with Crippen LogP contribution in [0.5, 0.6) is 0 Å². The molecule has 1 aromatic rings. The van der Waals surface area contributed by atoms with Gasteiger partial charge < -0.3 is 15.2 Å². The summed E-state index contributed by atoms with van der Waals surface area (Å²) in [4.78, 5) is 0. The Kier molecular flexibility index (Phi) is 3.82. The molecule has 0 saturated carbocycles. The molecule has 0 amide bonds. The van der Waals surface area contributed by atoms with Crippen molar-refractivity contribution in [2.75, 3.05) is 13.2 Å². The second-order valence-electron chi connectivity index (χ2n) is 5.00. The maximum atomic E-state index is 6.05. The Bertz CT molecular complexity index is 352. The molecule has 0 aromatic heterocycles. The second kappa shape index (κ2) is 5.17. The van der Waals surface area contributed by atoms with Crippen LogP contribution in [0.25, 0.3) is 0 Å². The first-order chi connectivity index (χ1) is 8.16. The number of nitrogens with two attached hydrogens (primary N) is 1. The van der Waals surface area contributed by atoms with Crippen LogP contribution >= 0.6 is 0 Å². The first kappa shape index (κ1) is 12.6. The van der Waals surface area contributed by atoms with Crippen LogP contribution in [0, 0.1) is 5.92 Å². The molecule has 1 aliphatic rings. The van der Waals surface area contributed by atoms with Gasteiger partial charge in [-0.3, -0.25) is 0 Å². The van der Waals surface area contributed by atoms with Crippen molar-refractivity contribution in [2.24, 2.45) is 11.7 Å². The van der Waals surface area contributed by atoms with Gasteiger partial charge in [0, 0.05) is 18.5 Å². The number of ether oxygens (including phenoxy) is 2. The highest BCUT2D eigenvalue weighted by Gasteiger charge is 2.42. The van der Waals surface area contributed by atoms with Gasteiger partial charge in [0.15, 0.2) is 5.79 Å². The van der Waals surface area contributed by atoms with E-state index in [9.17, 15) is 0 Å². The van der Waals surface area contributed by atoms with E-state index in [1.165, 1.54) is 0 Å². The smallest absolute Gasteiger partial charge is 0.195 e. The van der Waals surface area contributed by atoms with E-state index in [2.05, 4.69) is 26.0 Å². The Morgan fingerprint density at radius 2 is 2.06 bits per heavy atom. The Morgan fingerprint density at radius 1 is 1.35 bits per heavy atom. The molecule has 3 heteroatoms. The topological polar surface area (TPSA) is 44.5 Å². The van der Waals surface area contributed by atoms with E-state index in [0.29, 0.717) is 19.1 Å². The van der Waals surface area contributed by atoms with Crippen molar-refractivity contribution in [3.63, 3.8) is 0 Å². The molecular weight excluding hydrogens is 214 g/mol. The van der Waals surface area contributed by atoms with Crippen molar-refractivity contribution >= 4 is 0 Å². The van der Waals surface area contributed by atoms with Crippen molar-refractivity contribution in [1.82, 2.24) is 0 Å². The van der Waals surface area contributed by atoms with Crippen LogP contribution in [-0.4, -0.2) is 19.3 Å². The molecule has 2 rings (SSSR count). The molecule has 17 heavy (non-hydrogen) atoms. The van der Waals surface area contributed by atoms with Gasteiger partial charge in [-0.1, -0.05) is 44.2 Å². The van der Waals surface area contributed by atoms with Crippen molar-refractivity contribution in [3.8, 4) is 0 Å². The largest absolute Gasteiger partial charge is 0.343 e. The molecule has 0 spiro atoms. The summed E-state index contributed by atoms with van der Waals surface area (Å²) < 4.78 is 12.0. The lowest BCUT2D eigenvalue weighted by Gasteiger charge is -2.30. The van der Waals surface area contributed by atoms with Crippen LogP contribution in [0.4, 0.5) is 0 Å². The molecule has 3 nitrogen and oxygen atoms in total. The minimum atomic E-state index is -0.598. The second-order valence-corrected chi connectivity index (χ2v) is 5.00. The van der Waals surface area contributed by atoms with Crippen molar-refractivity contribution in [3.05, 3.63) is 35.9 Å². The quantitative estimate of drug-likeness (QED) is 0.870. The Labute approximate surface area is 103 Å². The molecule has 0 aliphatic carbocycles. The fourth-order valence-electron chi connectivity index (χ4n) is 2.29. The van der Waals surface area contributed by atoms with E-state index < -0.39 is 5.79 Å². The zero-order valence-electron chi connectivity index (χ0n) is 10.6. The highest BCUT2D eigenvalue weighted by Crippen LogP contribution is 2.39. The Balaban J connectivity index is 2.26. The molecule has 1 fully saturated rings. The molecular formula is C14H21NO2. The molecule has 2 unspecified atom stereocenters. The molecule has 0 bridgehead atoms. The number of hydrogen-bond acceptors (Lipinski definition) is 3. The molecule has 94 valence electrons. The van der Waals surface area contributed by atoms with Gasteiger partial charge in [0.05, 0.1) is 12.7 Å². The van der Waals surface area contributed by atoms with Crippen LogP contribution in [-0.2, 0) is 15.3 Å². The Morgan fingerprint density at radius 3 is 2.59 bits per heavy atom. The Hall–Kier alpha value is -0.900. The van der Waals surface area contributed by atoms with Gasteiger partial charge >= 0.3 is 0 Å². The maximum Gasteiger partial charge on any atom is 0.195 e. The fraction of sp³-hybridized carbons (Fsp3) is 0.571. The minimum absolute atomic E-state index is 0.00829. The van der Waals surface area contributed by atoms with Crippen molar-refractivity contribution < 1.29 is 9.47 Å². The summed E-state index contributed by atoms with van der Waals surface area (Å²) in [6.45, 7) is 5.44. The highest BCUT2D eigenvalue weighted by atomic mass is 16.7. The molecule has 1 heterocycles. The third kappa shape index (κ3) is 2.68. The predicted molar refractivity (Wildman–Crippen MR) is 67.5 cm³/mol.